The quantitative estimate of drug-likeness (QED) is 0.454. The third kappa shape index (κ3) is 4.18. The maximum atomic E-state index is 14.0. The molecule has 2 aromatic heterocycles. The summed E-state index contributed by atoms with van der Waals surface area (Å²) < 4.78 is 49.2. The highest BCUT2D eigenvalue weighted by Gasteiger charge is 2.21. The topological polar surface area (TPSA) is 85.6 Å². The molecule has 10 heteroatoms. The number of hydrogen-bond acceptors (Lipinski definition) is 6. The van der Waals surface area contributed by atoms with Crippen LogP contribution in [0.2, 0.25) is 0 Å². The van der Waals surface area contributed by atoms with Crippen molar-refractivity contribution in [3.8, 4) is 17.1 Å². The zero-order valence-corrected chi connectivity index (χ0v) is 18.8. The molecule has 2 heterocycles. The van der Waals surface area contributed by atoms with Gasteiger partial charge >= 0.3 is 0 Å². The van der Waals surface area contributed by atoms with Crippen LogP contribution in [-0.2, 0) is 16.4 Å². The molecule has 0 saturated carbocycles. The van der Waals surface area contributed by atoms with Gasteiger partial charge in [0.1, 0.15) is 16.5 Å². The number of sulfonamides is 1. The Morgan fingerprint density at radius 3 is 2.68 bits per heavy atom. The lowest BCUT2D eigenvalue weighted by atomic mass is 10.1. The lowest BCUT2D eigenvalue weighted by Crippen LogP contribution is -2.27. The van der Waals surface area contributed by atoms with Crippen LogP contribution in [0.5, 0.6) is 5.75 Å². The van der Waals surface area contributed by atoms with Crippen LogP contribution in [-0.4, -0.2) is 36.7 Å². The maximum absolute atomic E-state index is 14.0. The summed E-state index contributed by atoms with van der Waals surface area (Å²) in [5, 5.41) is 6.27. The number of nitrogens with zero attached hydrogens (tertiary/aromatic N) is 3. The number of benzene rings is 2. The first-order valence-corrected chi connectivity index (χ1v) is 11.9. The van der Waals surface area contributed by atoms with Gasteiger partial charge in [0.05, 0.1) is 18.4 Å². The summed E-state index contributed by atoms with van der Waals surface area (Å²) in [6.07, 6.45) is 0.395. The summed E-state index contributed by atoms with van der Waals surface area (Å²) in [4.78, 5) is 5.11. The highest BCUT2D eigenvalue weighted by molar-refractivity contribution is 7.89. The van der Waals surface area contributed by atoms with Gasteiger partial charge in [0.2, 0.25) is 15.0 Å². The van der Waals surface area contributed by atoms with E-state index >= 15 is 0 Å². The number of ether oxygens (including phenoxy) is 1. The molecule has 2 aromatic carbocycles. The summed E-state index contributed by atoms with van der Waals surface area (Å²) >= 11 is 1.37. The summed E-state index contributed by atoms with van der Waals surface area (Å²) in [7, 11) is -2.31. The van der Waals surface area contributed by atoms with Crippen LogP contribution in [0.15, 0.2) is 46.7 Å². The monoisotopic (exact) mass is 460 g/mol. The van der Waals surface area contributed by atoms with Gasteiger partial charge in [0.25, 0.3) is 0 Å². The lowest BCUT2D eigenvalue weighted by Gasteiger charge is -2.13. The molecule has 4 rings (SSSR count). The summed E-state index contributed by atoms with van der Waals surface area (Å²) in [6, 6.07) is 9.65. The molecule has 4 aromatic rings. The second-order valence-electron chi connectivity index (χ2n) is 7.07. The fraction of sp³-hybridized carbons (Fsp3) is 0.238. The Morgan fingerprint density at radius 2 is 1.94 bits per heavy atom. The SMILES string of the molecule is COc1cc(C)c(C)cc1S(=O)(=O)NCCc1csc2nc(-c3ccccc3F)nn12. The van der Waals surface area contributed by atoms with E-state index in [0.29, 0.717) is 28.5 Å². The van der Waals surface area contributed by atoms with Gasteiger partial charge in [-0.05, 0) is 49.2 Å². The van der Waals surface area contributed by atoms with E-state index in [4.69, 9.17) is 4.74 Å². The minimum atomic E-state index is -3.76. The molecule has 31 heavy (non-hydrogen) atoms. The van der Waals surface area contributed by atoms with Gasteiger partial charge in [0.15, 0.2) is 5.82 Å². The number of aryl methyl sites for hydroxylation is 2. The number of rotatable bonds is 7. The molecule has 7 nitrogen and oxygen atoms in total. The highest BCUT2D eigenvalue weighted by Crippen LogP contribution is 2.27. The number of thiazole rings is 1. The highest BCUT2D eigenvalue weighted by atomic mass is 32.2. The molecular formula is C21H21FN4O3S2. The minimum absolute atomic E-state index is 0.108. The number of hydrogen-bond donors (Lipinski definition) is 1. The van der Waals surface area contributed by atoms with Gasteiger partial charge in [-0.15, -0.1) is 16.4 Å². The zero-order chi connectivity index (χ0) is 22.2. The number of halogens is 1. The van der Waals surface area contributed by atoms with Gasteiger partial charge in [-0.3, -0.25) is 0 Å². The van der Waals surface area contributed by atoms with Crippen LogP contribution >= 0.6 is 11.3 Å². The third-order valence-corrected chi connectivity index (χ3v) is 7.35. The summed E-state index contributed by atoms with van der Waals surface area (Å²) in [5.74, 6) is 0.211. The zero-order valence-electron chi connectivity index (χ0n) is 17.2. The first kappa shape index (κ1) is 21.4. The predicted octanol–water partition coefficient (Wildman–Crippen LogP) is 3.74. The Balaban J connectivity index is 1.52. The molecule has 0 radical (unpaired) electrons. The Morgan fingerprint density at radius 1 is 1.19 bits per heavy atom. The number of fused-ring (bicyclic) bond motifs is 1. The number of aromatic nitrogens is 3. The molecule has 162 valence electrons. The van der Waals surface area contributed by atoms with E-state index in [1.54, 1.807) is 34.8 Å². The Bertz CT molecular complexity index is 1360. The van der Waals surface area contributed by atoms with E-state index in [0.717, 1.165) is 16.8 Å². The van der Waals surface area contributed by atoms with E-state index in [1.807, 2.05) is 19.2 Å². The standard InChI is InChI=1S/C21H21FN4O3S2/c1-13-10-18(29-3)19(11-14(13)2)31(27,28)23-9-8-15-12-30-21-24-20(25-26(15)21)16-6-4-5-7-17(16)22/h4-7,10-12,23H,8-9H2,1-3H3. The molecule has 0 atom stereocenters. The molecular weight excluding hydrogens is 439 g/mol. The molecule has 0 amide bonds. The third-order valence-electron chi connectivity index (χ3n) is 5.01. The van der Waals surface area contributed by atoms with Crippen LogP contribution in [0.4, 0.5) is 4.39 Å². The smallest absolute Gasteiger partial charge is 0.244 e. The van der Waals surface area contributed by atoms with E-state index in [9.17, 15) is 12.8 Å². The van der Waals surface area contributed by atoms with Crippen molar-refractivity contribution in [1.29, 1.82) is 0 Å². The second-order valence-corrected chi connectivity index (χ2v) is 9.64. The average Bonchev–Trinajstić information content (AvgIpc) is 3.31. The van der Waals surface area contributed by atoms with Crippen molar-refractivity contribution in [3.05, 3.63) is 64.4 Å². The molecule has 1 N–H and O–H groups in total. The van der Waals surface area contributed by atoms with Crippen LogP contribution in [0.25, 0.3) is 16.3 Å². The van der Waals surface area contributed by atoms with Crippen molar-refractivity contribution in [3.63, 3.8) is 0 Å². The molecule has 0 aliphatic heterocycles. The van der Waals surface area contributed by atoms with Gasteiger partial charge in [-0.1, -0.05) is 12.1 Å². The molecule has 0 aliphatic carbocycles. The van der Waals surface area contributed by atoms with Gasteiger partial charge in [-0.25, -0.2) is 22.0 Å². The van der Waals surface area contributed by atoms with Crippen molar-refractivity contribution in [2.75, 3.05) is 13.7 Å². The molecule has 0 bridgehead atoms. The van der Waals surface area contributed by atoms with Crippen molar-refractivity contribution in [2.24, 2.45) is 0 Å². The molecule has 0 spiro atoms. The van der Waals surface area contributed by atoms with Crippen molar-refractivity contribution in [2.45, 2.75) is 25.2 Å². The van der Waals surface area contributed by atoms with Gasteiger partial charge in [-0.2, -0.15) is 4.98 Å². The largest absolute Gasteiger partial charge is 0.495 e. The van der Waals surface area contributed by atoms with E-state index < -0.39 is 15.8 Å². The normalized spacial score (nSPS) is 11.9. The van der Waals surface area contributed by atoms with Crippen molar-refractivity contribution in [1.82, 2.24) is 19.3 Å². The number of nitrogens with one attached hydrogen (secondary N) is 1. The van der Waals surface area contributed by atoms with Gasteiger partial charge < -0.3 is 4.74 Å². The minimum Gasteiger partial charge on any atom is -0.495 e. The molecule has 0 aliphatic rings. The fourth-order valence-corrected chi connectivity index (χ4v) is 5.30. The fourth-order valence-electron chi connectivity index (χ4n) is 3.18. The van der Waals surface area contributed by atoms with Crippen LogP contribution in [0, 0.1) is 19.7 Å². The molecule has 0 unspecified atom stereocenters. The van der Waals surface area contributed by atoms with Gasteiger partial charge in [0, 0.05) is 18.3 Å². The maximum Gasteiger partial charge on any atom is 0.244 e. The Hall–Kier alpha value is -2.82. The summed E-state index contributed by atoms with van der Waals surface area (Å²) in [5.41, 5.74) is 2.93. The first-order valence-electron chi connectivity index (χ1n) is 9.53. The second kappa shape index (κ2) is 8.37. The predicted molar refractivity (Wildman–Crippen MR) is 118 cm³/mol. The number of methoxy groups -OCH3 is 1. The van der Waals surface area contributed by atoms with Crippen molar-refractivity contribution >= 4 is 26.3 Å². The van der Waals surface area contributed by atoms with Crippen LogP contribution in [0.3, 0.4) is 0 Å². The Kier molecular flexibility index (Phi) is 5.78. The van der Waals surface area contributed by atoms with E-state index in [1.165, 1.54) is 24.5 Å². The first-order chi connectivity index (χ1) is 14.8. The van der Waals surface area contributed by atoms with Crippen molar-refractivity contribution < 1.29 is 17.5 Å². The Labute approximate surface area is 183 Å². The lowest BCUT2D eigenvalue weighted by molar-refractivity contribution is 0.402. The van der Waals surface area contributed by atoms with Crippen LogP contribution < -0.4 is 9.46 Å². The summed E-state index contributed by atoms with van der Waals surface area (Å²) in [6.45, 7) is 3.92. The van der Waals surface area contributed by atoms with E-state index in [2.05, 4.69) is 14.8 Å². The molecule has 0 fully saturated rings. The molecule has 0 saturated heterocycles. The average molecular weight is 461 g/mol. The van der Waals surface area contributed by atoms with Crippen LogP contribution in [0.1, 0.15) is 16.8 Å². The van der Waals surface area contributed by atoms with E-state index in [-0.39, 0.29) is 11.4 Å².